The summed E-state index contributed by atoms with van der Waals surface area (Å²) in [4.78, 5) is 21.9. The van der Waals surface area contributed by atoms with Gasteiger partial charge in [-0.05, 0) is 42.7 Å². The van der Waals surface area contributed by atoms with Crippen molar-refractivity contribution in [3.05, 3.63) is 50.8 Å². The highest BCUT2D eigenvalue weighted by Crippen LogP contribution is 2.42. The zero-order valence-electron chi connectivity index (χ0n) is 10.1. The standard InChI is InChI=1S/C13H12FNO3/c1-7-10-4-3-9(14)5-11(10)12(6-15(17)18)13(7)8(2)16/h3-5,12H,6H2,1-2H3/t12-/m1/s1. The predicted molar refractivity (Wildman–Crippen MR) is 64.3 cm³/mol. The van der Waals surface area contributed by atoms with Gasteiger partial charge in [0.15, 0.2) is 5.78 Å². The van der Waals surface area contributed by atoms with Crippen molar-refractivity contribution in [2.45, 2.75) is 19.8 Å². The van der Waals surface area contributed by atoms with E-state index in [4.69, 9.17) is 0 Å². The van der Waals surface area contributed by atoms with E-state index in [2.05, 4.69) is 0 Å². The quantitative estimate of drug-likeness (QED) is 0.611. The molecule has 0 saturated carbocycles. The van der Waals surface area contributed by atoms with Crippen LogP contribution in [0.25, 0.3) is 5.57 Å². The van der Waals surface area contributed by atoms with Crippen LogP contribution in [0.3, 0.4) is 0 Å². The van der Waals surface area contributed by atoms with Gasteiger partial charge in [0.1, 0.15) is 5.82 Å². The number of fused-ring (bicyclic) bond motifs is 1. The molecule has 0 unspecified atom stereocenters. The summed E-state index contributed by atoms with van der Waals surface area (Å²) in [5, 5.41) is 10.7. The zero-order valence-corrected chi connectivity index (χ0v) is 10.1. The monoisotopic (exact) mass is 249 g/mol. The zero-order chi connectivity index (χ0) is 13.4. The molecule has 4 nitrogen and oxygen atoms in total. The third kappa shape index (κ3) is 1.92. The van der Waals surface area contributed by atoms with Crippen molar-refractivity contribution in [2.24, 2.45) is 0 Å². The maximum atomic E-state index is 13.3. The average Bonchev–Trinajstić information content (AvgIpc) is 2.51. The van der Waals surface area contributed by atoms with E-state index >= 15 is 0 Å². The second-order valence-corrected chi connectivity index (χ2v) is 4.39. The van der Waals surface area contributed by atoms with E-state index in [0.29, 0.717) is 16.7 Å². The summed E-state index contributed by atoms with van der Waals surface area (Å²) in [5.41, 5.74) is 2.40. The number of carbonyl (C=O) groups excluding carboxylic acids is 1. The summed E-state index contributed by atoms with van der Waals surface area (Å²) in [6.07, 6.45) is 0. The Morgan fingerprint density at radius 3 is 2.72 bits per heavy atom. The number of benzene rings is 1. The van der Waals surface area contributed by atoms with Crippen LogP contribution in [0.1, 0.15) is 30.9 Å². The molecule has 0 N–H and O–H groups in total. The number of carbonyl (C=O) groups is 1. The summed E-state index contributed by atoms with van der Waals surface area (Å²) in [5.74, 6) is -1.28. The van der Waals surface area contributed by atoms with Crippen molar-refractivity contribution in [3.8, 4) is 0 Å². The van der Waals surface area contributed by atoms with Gasteiger partial charge in [-0.1, -0.05) is 6.07 Å². The van der Waals surface area contributed by atoms with Crippen LogP contribution in [0.2, 0.25) is 0 Å². The molecule has 0 spiro atoms. The van der Waals surface area contributed by atoms with E-state index in [0.717, 1.165) is 5.56 Å². The molecule has 0 radical (unpaired) electrons. The molecule has 94 valence electrons. The Kier molecular flexibility index (Phi) is 2.98. The number of Topliss-reactive ketones (excluding diaryl/α,β-unsaturated/α-hetero) is 1. The van der Waals surface area contributed by atoms with Gasteiger partial charge in [0.2, 0.25) is 6.54 Å². The van der Waals surface area contributed by atoms with Gasteiger partial charge in [-0.2, -0.15) is 0 Å². The highest BCUT2D eigenvalue weighted by atomic mass is 19.1. The molecule has 0 fully saturated rings. The fraction of sp³-hybridized carbons (Fsp3) is 0.308. The number of hydrogen-bond acceptors (Lipinski definition) is 3. The fourth-order valence-electron chi connectivity index (χ4n) is 2.57. The van der Waals surface area contributed by atoms with E-state index in [-0.39, 0.29) is 12.3 Å². The van der Waals surface area contributed by atoms with Gasteiger partial charge in [-0.15, -0.1) is 0 Å². The summed E-state index contributed by atoms with van der Waals surface area (Å²) in [6, 6.07) is 4.15. The van der Waals surface area contributed by atoms with Crippen LogP contribution in [0.15, 0.2) is 23.8 Å². The minimum Gasteiger partial charge on any atom is -0.295 e. The number of allylic oxidation sites excluding steroid dienone is 1. The SMILES string of the molecule is CC(=O)C1=C(C)c2ccc(F)cc2[C@H]1C[N+](=O)[O-]. The fourth-order valence-corrected chi connectivity index (χ4v) is 2.57. The van der Waals surface area contributed by atoms with Gasteiger partial charge in [0.05, 0.1) is 5.92 Å². The lowest BCUT2D eigenvalue weighted by molar-refractivity contribution is -0.481. The maximum Gasteiger partial charge on any atom is 0.214 e. The molecule has 18 heavy (non-hydrogen) atoms. The first kappa shape index (κ1) is 12.4. The lowest BCUT2D eigenvalue weighted by Crippen LogP contribution is -2.16. The Hall–Kier alpha value is -2.04. The average molecular weight is 249 g/mol. The number of halogens is 1. The Labute approximate surface area is 103 Å². The number of nitro groups is 1. The highest BCUT2D eigenvalue weighted by molar-refractivity contribution is 6.05. The van der Waals surface area contributed by atoms with Crippen LogP contribution in [0, 0.1) is 15.9 Å². The van der Waals surface area contributed by atoms with Crippen molar-refractivity contribution >= 4 is 11.4 Å². The number of hydrogen-bond donors (Lipinski definition) is 0. The van der Waals surface area contributed by atoms with Crippen molar-refractivity contribution < 1.29 is 14.1 Å². The second kappa shape index (κ2) is 4.33. The predicted octanol–water partition coefficient (Wildman–Crippen LogP) is 2.56. The maximum absolute atomic E-state index is 13.3. The first-order chi connectivity index (χ1) is 8.41. The van der Waals surface area contributed by atoms with Crippen LogP contribution in [-0.2, 0) is 4.79 Å². The van der Waals surface area contributed by atoms with Crippen LogP contribution < -0.4 is 0 Å². The Bertz CT molecular complexity index is 578. The Morgan fingerprint density at radius 2 is 2.17 bits per heavy atom. The van der Waals surface area contributed by atoms with E-state index in [9.17, 15) is 19.3 Å². The van der Waals surface area contributed by atoms with E-state index in [1.165, 1.54) is 19.1 Å². The lowest BCUT2D eigenvalue weighted by atomic mass is 9.93. The highest BCUT2D eigenvalue weighted by Gasteiger charge is 2.35. The number of ketones is 1. The van der Waals surface area contributed by atoms with Crippen molar-refractivity contribution in [2.75, 3.05) is 6.54 Å². The molecule has 5 heteroatoms. The molecule has 0 bridgehead atoms. The third-order valence-electron chi connectivity index (χ3n) is 3.26. The van der Waals surface area contributed by atoms with Crippen LogP contribution in [0.5, 0.6) is 0 Å². The molecule has 0 saturated heterocycles. The van der Waals surface area contributed by atoms with E-state index in [1.54, 1.807) is 13.0 Å². The van der Waals surface area contributed by atoms with Crippen molar-refractivity contribution in [3.63, 3.8) is 0 Å². The normalized spacial score (nSPS) is 17.8. The molecular weight excluding hydrogens is 237 g/mol. The van der Waals surface area contributed by atoms with Crippen LogP contribution >= 0.6 is 0 Å². The summed E-state index contributed by atoms with van der Waals surface area (Å²) >= 11 is 0. The molecule has 0 heterocycles. The second-order valence-electron chi connectivity index (χ2n) is 4.39. The largest absolute Gasteiger partial charge is 0.295 e. The van der Waals surface area contributed by atoms with Gasteiger partial charge < -0.3 is 0 Å². The third-order valence-corrected chi connectivity index (χ3v) is 3.26. The molecule has 2 rings (SSSR count). The first-order valence-electron chi connectivity index (χ1n) is 5.55. The molecule has 1 aliphatic carbocycles. The molecule has 1 aromatic rings. The summed E-state index contributed by atoms with van der Waals surface area (Å²) < 4.78 is 13.3. The topological polar surface area (TPSA) is 60.2 Å². The molecule has 1 atom stereocenters. The first-order valence-corrected chi connectivity index (χ1v) is 5.55. The summed E-state index contributed by atoms with van der Waals surface area (Å²) in [7, 11) is 0. The molecule has 1 aliphatic rings. The van der Waals surface area contributed by atoms with E-state index < -0.39 is 16.7 Å². The Balaban J connectivity index is 2.59. The molecule has 1 aromatic carbocycles. The molecular formula is C13H12FNO3. The van der Waals surface area contributed by atoms with Crippen LogP contribution in [0.4, 0.5) is 4.39 Å². The van der Waals surface area contributed by atoms with Gasteiger partial charge in [-0.25, -0.2) is 4.39 Å². The lowest BCUT2D eigenvalue weighted by Gasteiger charge is -2.10. The van der Waals surface area contributed by atoms with E-state index in [1.807, 2.05) is 0 Å². The van der Waals surface area contributed by atoms with Crippen molar-refractivity contribution in [1.82, 2.24) is 0 Å². The Morgan fingerprint density at radius 1 is 1.50 bits per heavy atom. The number of rotatable bonds is 3. The molecule has 0 aliphatic heterocycles. The van der Waals surface area contributed by atoms with Gasteiger partial charge in [-0.3, -0.25) is 14.9 Å². The van der Waals surface area contributed by atoms with Crippen molar-refractivity contribution in [1.29, 1.82) is 0 Å². The summed E-state index contributed by atoms with van der Waals surface area (Å²) in [6.45, 7) is 2.74. The minimum atomic E-state index is -0.636. The molecule has 0 amide bonds. The number of nitrogens with zero attached hydrogens (tertiary/aromatic N) is 1. The molecule has 0 aromatic heterocycles. The minimum absolute atomic E-state index is 0.198. The van der Waals surface area contributed by atoms with Gasteiger partial charge in [0.25, 0.3) is 0 Å². The van der Waals surface area contributed by atoms with Gasteiger partial charge >= 0.3 is 0 Å². The van der Waals surface area contributed by atoms with Gasteiger partial charge in [0, 0.05) is 10.5 Å². The van der Waals surface area contributed by atoms with Crippen LogP contribution in [-0.4, -0.2) is 17.3 Å². The smallest absolute Gasteiger partial charge is 0.214 e.